The van der Waals surface area contributed by atoms with Crippen LogP contribution >= 0.6 is 0 Å². The summed E-state index contributed by atoms with van der Waals surface area (Å²) in [6.07, 6.45) is 16.3. The molecule has 0 saturated heterocycles. The van der Waals surface area contributed by atoms with Gasteiger partial charge in [-0.25, -0.2) is 0 Å². The van der Waals surface area contributed by atoms with Crippen LogP contribution in [0.15, 0.2) is 0 Å². The maximum absolute atomic E-state index is 2.58. The topological polar surface area (TPSA) is 0 Å². The second kappa shape index (κ2) is 3.87. The van der Waals surface area contributed by atoms with Gasteiger partial charge in [0.2, 0.25) is 0 Å². The lowest BCUT2D eigenvalue weighted by Gasteiger charge is -2.48. The Morgan fingerprint density at radius 2 is 1.50 bits per heavy atom. The Balaban J connectivity index is 1.74. The van der Waals surface area contributed by atoms with Crippen LogP contribution in [0.5, 0.6) is 0 Å². The number of hydrogen-bond donors (Lipinski definition) is 0. The Hall–Kier alpha value is 0. The van der Waals surface area contributed by atoms with Crippen LogP contribution in [0.1, 0.15) is 57.8 Å². The second-order valence-corrected chi connectivity index (χ2v) is 5.81. The Morgan fingerprint density at radius 1 is 0.714 bits per heavy atom. The third-order valence-corrected chi connectivity index (χ3v) is 5.21. The first-order valence-corrected chi connectivity index (χ1v) is 6.77. The zero-order chi connectivity index (χ0) is 9.38. The van der Waals surface area contributed by atoms with Crippen LogP contribution < -0.4 is 0 Å². The van der Waals surface area contributed by atoms with Gasteiger partial charge in [0.05, 0.1) is 0 Å². The fourth-order valence-electron chi connectivity index (χ4n) is 4.52. The molecule has 4 unspecified atom stereocenters. The van der Waals surface area contributed by atoms with E-state index in [4.69, 9.17) is 0 Å². The van der Waals surface area contributed by atoms with Crippen LogP contribution in [0.25, 0.3) is 0 Å². The van der Waals surface area contributed by atoms with E-state index in [1.807, 2.05) is 0 Å². The van der Waals surface area contributed by atoms with Gasteiger partial charge in [-0.1, -0.05) is 19.3 Å². The first kappa shape index (κ1) is 9.24. The van der Waals surface area contributed by atoms with Gasteiger partial charge in [-0.15, -0.1) is 0 Å². The normalized spacial score (nSPS) is 48.0. The molecule has 0 aliphatic heterocycles. The molecule has 0 aromatic carbocycles. The van der Waals surface area contributed by atoms with Crippen molar-refractivity contribution in [1.29, 1.82) is 0 Å². The highest BCUT2D eigenvalue weighted by Gasteiger charge is 2.40. The third-order valence-electron chi connectivity index (χ3n) is 5.21. The van der Waals surface area contributed by atoms with Crippen LogP contribution in [0, 0.1) is 30.1 Å². The highest BCUT2D eigenvalue weighted by molar-refractivity contribution is 4.94. The fourth-order valence-corrected chi connectivity index (χ4v) is 4.52. The van der Waals surface area contributed by atoms with Crippen molar-refractivity contribution in [3.05, 3.63) is 6.42 Å². The van der Waals surface area contributed by atoms with Gasteiger partial charge in [0.1, 0.15) is 0 Å². The van der Waals surface area contributed by atoms with E-state index in [1.54, 1.807) is 25.7 Å². The predicted octanol–water partition coefficient (Wildman–Crippen LogP) is 4.21. The van der Waals surface area contributed by atoms with Crippen LogP contribution in [-0.4, -0.2) is 0 Å². The molecular formula is C14H23. The van der Waals surface area contributed by atoms with E-state index in [0.717, 1.165) is 23.7 Å². The Kier molecular flexibility index (Phi) is 2.55. The second-order valence-electron chi connectivity index (χ2n) is 5.81. The lowest BCUT2D eigenvalue weighted by atomic mass is 9.58. The molecule has 3 rings (SSSR count). The molecule has 0 aromatic heterocycles. The van der Waals surface area contributed by atoms with Crippen molar-refractivity contribution in [3.63, 3.8) is 0 Å². The summed E-state index contributed by atoms with van der Waals surface area (Å²) >= 11 is 0. The van der Waals surface area contributed by atoms with Gasteiger partial charge in [-0.05, 0) is 68.6 Å². The molecule has 3 fully saturated rings. The van der Waals surface area contributed by atoms with Gasteiger partial charge in [0.25, 0.3) is 0 Å². The smallest absolute Gasteiger partial charge is 0.0352 e. The number of hydrogen-bond acceptors (Lipinski definition) is 0. The zero-order valence-corrected chi connectivity index (χ0v) is 9.25. The molecule has 14 heavy (non-hydrogen) atoms. The molecule has 0 heteroatoms. The Morgan fingerprint density at radius 3 is 2.43 bits per heavy atom. The van der Waals surface area contributed by atoms with Gasteiger partial charge in [-0.3, -0.25) is 0 Å². The van der Waals surface area contributed by atoms with Gasteiger partial charge in [-0.2, -0.15) is 0 Å². The van der Waals surface area contributed by atoms with Gasteiger partial charge in [0, 0.05) is 0 Å². The zero-order valence-electron chi connectivity index (χ0n) is 9.25. The predicted molar refractivity (Wildman–Crippen MR) is 59.8 cm³/mol. The fraction of sp³-hybridized carbons (Fsp3) is 0.929. The molecule has 79 valence electrons. The quantitative estimate of drug-likeness (QED) is 0.538. The summed E-state index contributed by atoms with van der Waals surface area (Å²) in [6, 6.07) is 0. The van der Waals surface area contributed by atoms with Crippen molar-refractivity contribution >= 4 is 0 Å². The molecule has 0 heterocycles. The highest BCUT2D eigenvalue weighted by atomic mass is 14.5. The van der Waals surface area contributed by atoms with Crippen molar-refractivity contribution in [2.45, 2.75) is 57.8 Å². The average Bonchev–Trinajstić information content (AvgIpc) is 2.29. The summed E-state index contributed by atoms with van der Waals surface area (Å²) in [5.41, 5.74) is 0. The molecule has 3 saturated carbocycles. The van der Waals surface area contributed by atoms with Gasteiger partial charge < -0.3 is 0 Å². The lowest BCUT2D eigenvalue weighted by molar-refractivity contribution is 0.0393. The largest absolute Gasteiger partial charge is 0.0530 e. The van der Waals surface area contributed by atoms with Crippen LogP contribution in [-0.2, 0) is 0 Å². The van der Waals surface area contributed by atoms with E-state index < -0.39 is 0 Å². The minimum atomic E-state index is 1.11. The standard InChI is InChI=1S/C14H23/c1-3-7-13-11(5-1)9-10-12-6-2-4-8-14(12)13/h3,11-14H,1-2,4-10H2. The van der Waals surface area contributed by atoms with Crippen molar-refractivity contribution < 1.29 is 0 Å². The maximum Gasteiger partial charge on any atom is -0.0352 e. The van der Waals surface area contributed by atoms with Crippen molar-refractivity contribution in [2.24, 2.45) is 23.7 Å². The molecule has 0 bridgehead atoms. The lowest BCUT2D eigenvalue weighted by Crippen LogP contribution is -2.38. The van der Waals surface area contributed by atoms with E-state index in [2.05, 4.69) is 6.42 Å². The molecule has 0 N–H and O–H groups in total. The molecule has 3 aliphatic rings. The maximum atomic E-state index is 2.58. The number of rotatable bonds is 0. The summed E-state index contributed by atoms with van der Waals surface area (Å²) in [4.78, 5) is 0. The first-order chi connectivity index (χ1) is 6.95. The molecule has 0 spiro atoms. The summed E-state index contributed by atoms with van der Waals surface area (Å²) in [6.45, 7) is 0. The van der Waals surface area contributed by atoms with Crippen molar-refractivity contribution in [3.8, 4) is 0 Å². The summed E-state index contributed by atoms with van der Waals surface area (Å²) < 4.78 is 0. The minimum absolute atomic E-state index is 1.11. The molecule has 3 aliphatic carbocycles. The van der Waals surface area contributed by atoms with Gasteiger partial charge in [0.15, 0.2) is 0 Å². The molecule has 1 radical (unpaired) electrons. The third kappa shape index (κ3) is 1.51. The molecule has 0 nitrogen and oxygen atoms in total. The van der Waals surface area contributed by atoms with E-state index in [1.165, 1.54) is 32.1 Å². The molecule has 0 aromatic rings. The van der Waals surface area contributed by atoms with Gasteiger partial charge >= 0.3 is 0 Å². The summed E-state index contributed by atoms with van der Waals surface area (Å²) in [5, 5.41) is 0. The monoisotopic (exact) mass is 191 g/mol. The summed E-state index contributed by atoms with van der Waals surface area (Å²) in [7, 11) is 0. The van der Waals surface area contributed by atoms with Crippen LogP contribution in [0.4, 0.5) is 0 Å². The summed E-state index contributed by atoms with van der Waals surface area (Å²) in [5.74, 6) is 4.51. The van der Waals surface area contributed by atoms with Crippen LogP contribution in [0.3, 0.4) is 0 Å². The van der Waals surface area contributed by atoms with Crippen LogP contribution in [0.2, 0.25) is 0 Å². The SMILES string of the molecule is [CH]1CCC2CCC3CCCCC3C2C1. The first-order valence-electron chi connectivity index (χ1n) is 6.77. The number of fused-ring (bicyclic) bond motifs is 3. The van der Waals surface area contributed by atoms with E-state index in [9.17, 15) is 0 Å². The van der Waals surface area contributed by atoms with Crippen molar-refractivity contribution in [2.75, 3.05) is 0 Å². The Bertz CT molecular complexity index is 174. The van der Waals surface area contributed by atoms with Crippen molar-refractivity contribution in [1.82, 2.24) is 0 Å². The molecule has 0 amide bonds. The average molecular weight is 191 g/mol. The highest BCUT2D eigenvalue weighted by Crippen LogP contribution is 2.50. The molecule has 4 atom stereocenters. The van der Waals surface area contributed by atoms with E-state index >= 15 is 0 Å². The Labute approximate surface area is 88.5 Å². The molecular weight excluding hydrogens is 168 g/mol. The van der Waals surface area contributed by atoms with E-state index in [0.29, 0.717) is 0 Å². The van der Waals surface area contributed by atoms with E-state index in [-0.39, 0.29) is 0 Å². The minimum Gasteiger partial charge on any atom is -0.0530 e.